The summed E-state index contributed by atoms with van der Waals surface area (Å²) in [5.74, 6) is -0.323. The van der Waals surface area contributed by atoms with Gasteiger partial charge >= 0.3 is 0 Å². The van der Waals surface area contributed by atoms with Crippen LogP contribution in [0.1, 0.15) is 47.5 Å². The molecule has 0 aliphatic carbocycles. The molecule has 1 aliphatic heterocycles. The number of hydrogen-bond donors (Lipinski definition) is 1. The number of thiazole rings is 1. The van der Waals surface area contributed by atoms with Gasteiger partial charge in [-0.1, -0.05) is 30.3 Å². The summed E-state index contributed by atoms with van der Waals surface area (Å²) in [5, 5.41) is 3.03. The van der Waals surface area contributed by atoms with Crippen LogP contribution in [0.25, 0.3) is 4.96 Å². The van der Waals surface area contributed by atoms with E-state index in [0.717, 1.165) is 37.2 Å². The van der Waals surface area contributed by atoms with E-state index in [0.29, 0.717) is 11.0 Å². The van der Waals surface area contributed by atoms with E-state index in [1.807, 2.05) is 18.2 Å². The van der Waals surface area contributed by atoms with Gasteiger partial charge in [0.2, 0.25) is 0 Å². The highest BCUT2D eigenvalue weighted by molar-refractivity contribution is 7.17. The van der Waals surface area contributed by atoms with Crippen molar-refractivity contribution in [2.45, 2.75) is 45.2 Å². The lowest BCUT2D eigenvalue weighted by molar-refractivity contribution is 0.0898. The van der Waals surface area contributed by atoms with Gasteiger partial charge in [-0.2, -0.15) is 0 Å². The van der Waals surface area contributed by atoms with Crippen molar-refractivity contribution < 1.29 is 4.79 Å². The van der Waals surface area contributed by atoms with Crippen LogP contribution in [-0.4, -0.2) is 45.4 Å². The van der Waals surface area contributed by atoms with Gasteiger partial charge in [0.1, 0.15) is 5.56 Å². The largest absolute Gasteiger partial charge is 0.349 e. The fourth-order valence-corrected chi connectivity index (χ4v) is 4.76. The van der Waals surface area contributed by atoms with Crippen LogP contribution >= 0.6 is 11.3 Å². The standard InChI is InChI=1S/C22H26N4O2S/c1-15(2)25-10-8-17(9-11-25)24-20(27)19-13-23-22-26(21(19)28)14-18(29-22)12-16-6-4-3-5-7-16/h3-7,13-15,17H,8-12H2,1-2H3,(H,24,27). The van der Waals surface area contributed by atoms with Gasteiger partial charge in [-0.05, 0) is 32.3 Å². The van der Waals surface area contributed by atoms with Crippen LogP contribution in [0, 0.1) is 0 Å². The Kier molecular flexibility index (Phi) is 5.78. The van der Waals surface area contributed by atoms with Gasteiger partial charge in [0.15, 0.2) is 4.96 Å². The van der Waals surface area contributed by atoms with Crippen molar-refractivity contribution in [3.05, 3.63) is 69.1 Å². The Balaban J connectivity index is 1.48. The zero-order valence-electron chi connectivity index (χ0n) is 16.8. The van der Waals surface area contributed by atoms with Crippen LogP contribution in [-0.2, 0) is 6.42 Å². The van der Waals surface area contributed by atoms with Crippen LogP contribution in [0.3, 0.4) is 0 Å². The van der Waals surface area contributed by atoms with Crippen LogP contribution in [0.15, 0.2) is 47.5 Å². The van der Waals surface area contributed by atoms with Crippen LogP contribution in [0.4, 0.5) is 0 Å². The number of fused-ring (bicyclic) bond motifs is 1. The maximum absolute atomic E-state index is 12.9. The molecule has 29 heavy (non-hydrogen) atoms. The van der Waals surface area contributed by atoms with Crippen molar-refractivity contribution >= 4 is 22.2 Å². The van der Waals surface area contributed by atoms with E-state index in [-0.39, 0.29) is 23.1 Å². The first-order valence-corrected chi connectivity index (χ1v) is 10.9. The minimum absolute atomic E-state index is 0.105. The highest BCUT2D eigenvalue weighted by Gasteiger charge is 2.24. The van der Waals surface area contributed by atoms with Gasteiger partial charge in [0.05, 0.1) is 0 Å². The molecule has 1 N–H and O–H groups in total. The Bertz CT molecular complexity index is 1050. The number of rotatable bonds is 5. The Morgan fingerprint density at radius 1 is 1.24 bits per heavy atom. The Morgan fingerprint density at radius 2 is 1.97 bits per heavy atom. The van der Waals surface area contributed by atoms with E-state index in [9.17, 15) is 9.59 Å². The first-order valence-electron chi connectivity index (χ1n) is 10.1. The fourth-order valence-electron chi connectivity index (χ4n) is 3.79. The number of nitrogens with zero attached hydrogens (tertiary/aromatic N) is 3. The van der Waals surface area contributed by atoms with Gasteiger partial charge < -0.3 is 10.2 Å². The molecule has 4 rings (SSSR count). The van der Waals surface area contributed by atoms with E-state index in [1.54, 1.807) is 6.20 Å². The van der Waals surface area contributed by atoms with Gasteiger partial charge in [0, 0.05) is 48.9 Å². The maximum atomic E-state index is 12.9. The summed E-state index contributed by atoms with van der Waals surface area (Å²) >= 11 is 1.48. The molecule has 152 valence electrons. The third kappa shape index (κ3) is 4.41. The number of carbonyl (C=O) groups is 1. The lowest BCUT2D eigenvalue weighted by atomic mass is 10.0. The highest BCUT2D eigenvalue weighted by Crippen LogP contribution is 2.19. The van der Waals surface area contributed by atoms with E-state index in [1.165, 1.54) is 27.5 Å². The molecule has 7 heteroatoms. The first-order chi connectivity index (χ1) is 14.0. The van der Waals surface area contributed by atoms with Crippen molar-refractivity contribution in [1.29, 1.82) is 0 Å². The number of nitrogens with one attached hydrogen (secondary N) is 1. The number of benzene rings is 1. The molecule has 0 spiro atoms. The average molecular weight is 411 g/mol. The molecule has 3 aromatic rings. The SMILES string of the molecule is CC(C)N1CCC(NC(=O)c2cnc3sc(Cc4ccccc4)cn3c2=O)CC1. The van der Waals surface area contributed by atoms with Gasteiger partial charge in [0.25, 0.3) is 11.5 Å². The summed E-state index contributed by atoms with van der Waals surface area (Å²) in [4.78, 5) is 34.0. The first kappa shape index (κ1) is 19.8. The van der Waals surface area contributed by atoms with E-state index < -0.39 is 0 Å². The molecular weight excluding hydrogens is 384 g/mol. The monoisotopic (exact) mass is 410 g/mol. The summed E-state index contributed by atoms with van der Waals surface area (Å²) in [7, 11) is 0. The molecule has 0 radical (unpaired) electrons. The number of aromatic nitrogens is 2. The van der Waals surface area contributed by atoms with Crippen molar-refractivity contribution in [2.24, 2.45) is 0 Å². The number of amides is 1. The molecule has 1 saturated heterocycles. The summed E-state index contributed by atoms with van der Waals surface area (Å²) in [6.07, 6.45) is 5.77. The molecular formula is C22H26N4O2S. The predicted molar refractivity (Wildman–Crippen MR) is 116 cm³/mol. The third-order valence-corrected chi connectivity index (χ3v) is 6.51. The summed E-state index contributed by atoms with van der Waals surface area (Å²) in [5.41, 5.74) is 0.985. The Hall–Kier alpha value is -2.51. The van der Waals surface area contributed by atoms with E-state index in [2.05, 4.69) is 41.2 Å². The second-order valence-electron chi connectivity index (χ2n) is 7.87. The average Bonchev–Trinajstić information content (AvgIpc) is 3.13. The number of piperidine rings is 1. The third-order valence-electron chi connectivity index (χ3n) is 5.52. The second kappa shape index (κ2) is 8.47. The highest BCUT2D eigenvalue weighted by atomic mass is 32.1. The van der Waals surface area contributed by atoms with Crippen LogP contribution in [0.5, 0.6) is 0 Å². The summed E-state index contributed by atoms with van der Waals surface area (Å²) in [6.45, 7) is 6.31. The molecule has 1 aliphatic rings. The normalized spacial score (nSPS) is 15.8. The summed E-state index contributed by atoms with van der Waals surface area (Å²) in [6, 6.07) is 10.7. The Morgan fingerprint density at radius 3 is 2.66 bits per heavy atom. The topological polar surface area (TPSA) is 66.7 Å². The number of hydrogen-bond acceptors (Lipinski definition) is 5. The molecule has 3 heterocycles. The van der Waals surface area contributed by atoms with Crippen molar-refractivity contribution in [1.82, 2.24) is 19.6 Å². The van der Waals surface area contributed by atoms with Crippen molar-refractivity contribution in [2.75, 3.05) is 13.1 Å². The van der Waals surface area contributed by atoms with Crippen LogP contribution in [0.2, 0.25) is 0 Å². The van der Waals surface area contributed by atoms with E-state index >= 15 is 0 Å². The second-order valence-corrected chi connectivity index (χ2v) is 8.96. The van der Waals surface area contributed by atoms with Crippen LogP contribution < -0.4 is 10.9 Å². The van der Waals surface area contributed by atoms with Gasteiger partial charge in [-0.3, -0.25) is 14.0 Å². The summed E-state index contributed by atoms with van der Waals surface area (Å²) < 4.78 is 1.50. The minimum Gasteiger partial charge on any atom is -0.349 e. The molecule has 1 amide bonds. The lowest BCUT2D eigenvalue weighted by Crippen LogP contribution is -2.47. The molecule has 1 aromatic carbocycles. The smallest absolute Gasteiger partial charge is 0.271 e. The molecule has 0 saturated carbocycles. The molecule has 2 aromatic heterocycles. The predicted octanol–water partition coefficient (Wildman–Crippen LogP) is 2.95. The van der Waals surface area contributed by atoms with Gasteiger partial charge in [-0.15, -0.1) is 11.3 Å². The molecule has 1 fully saturated rings. The molecule has 0 bridgehead atoms. The number of likely N-dealkylation sites (tertiary alicyclic amines) is 1. The van der Waals surface area contributed by atoms with Gasteiger partial charge in [-0.25, -0.2) is 4.98 Å². The quantitative estimate of drug-likeness (QED) is 0.702. The lowest BCUT2D eigenvalue weighted by Gasteiger charge is -2.34. The van der Waals surface area contributed by atoms with E-state index in [4.69, 9.17) is 0 Å². The zero-order valence-corrected chi connectivity index (χ0v) is 17.6. The molecule has 0 unspecified atom stereocenters. The number of carbonyl (C=O) groups excluding carboxylic acids is 1. The van der Waals surface area contributed by atoms with Crippen molar-refractivity contribution in [3.8, 4) is 0 Å². The van der Waals surface area contributed by atoms with Crippen molar-refractivity contribution in [3.63, 3.8) is 0 Å². The minimum atomic E-state index is -0.323. The zero-order chi connectivity index (χ0) is 20.4. The Labute approximate surface area is 174 Å². The fraction of sp³-hybridized carbons (Fsp3) is 0.409. The molecule has 0 atom stereocenters. The maximum Gasteiger partial charge on any atom is 0.271 e. The molecule has 6 nitrogen and oxygen atoms in total.